The molecule has 5 nitrogen and oxygen atoms in total. The molecule has 1 saturated heterocycles. The van der Waals surface area contributed by atoms with Crippen LogP contribution in [-0.2, 0) is 11.2 Å². The van der Waals surface area contributed by atoms with Gasteiger partial charge in [0.05, 0.1) is 0 Å². The lowest BCUT2D eigenvalue weighted by atomic mass is 9.93. The molecule has 1 heterocycles. The number of hydrogen-bond acceptors (Lipinski definition) is 2. The Labute approximate surface area is 166 Å². The first kappa shape index (κ1) is 20.8. The molecule has 1 aliphatic rings. The number of carbonyl (C=O) groups excluding carboxylic acids is 1. The fraction of sp³-hybridized carbons (Fsp3) is 0.579. The summed E-state index contributed by atoms with van der Waals surface area (Å²) in [6.45, 7) is 5.35. The lowest BCUT2D eigenvalue weighted by Crippen LogP contribution is -2.46. The Morgan fingerprint density at radius 1 is 1.27 bits per heavy atom. The number of guanidine groups is 1. The number of hydrogen-bond donors (Lipinski definition) is 2. The van der Waals surface area contributed by atoms with Gasteiger partial charge in [-0.3, -0.25) is 9.79 Å². The maximum atomic E-state index is 11.5. The fourth-order valence-corrected chi connectivity index (χ4v) is 3.77. The van der Waals surface area contributed by atoms with Crippen LogP contribution in [0.3, 0.4) is 0 Å². The molecular formula is C19H28Cl2N4O. The second kappa shape index (κ2) is 10.6. The number of nitrogens with one attached hydrogen (secondary N) is 2. The number of carbonyl (C=O) groups is 1. The molecule has 0 bridgehead atoms. The van der Waals surface area contributed by atoms with Crippen molar-refractivity contribution in [3.63, 3.8) is 0 Å². The molecule has 26 heavy (non-hydrogen) atoms. The van der Waals surface area contributed by atoms with E-state index < -0.39 is 0 Å². The summed E-state index contributed by atoms with van der Waals surface area (Å²) in [6, 6.07) is 5.56. The summed E-state index contributed by atoms with van der Waals surface area (Å²) >= 11 is 12.5. The minimum absolute atomic E-state index is 0.126. The van der Waals surface area contributed by atoms with Crippen LogP contribution in [0.2, 0.25) is 10.0 Å². The van der Waals surface area contributed by atoms with Gasteiger partial charge in [0.2, 0.25) is 5.91 Å². The van der Waals surface area contributed by atoms with E-state index in [1.165, 1.54) is 0 Å². The quantitative estimate of drug-likeness (QED) is 0.570. The number of likely N-dealkylation sites (tertiary alicyclic amines) is 1. The number of rotatable bonds is 6. The van der Waals surface area contributed by atoms with Gasteiger partial charge in [0.25, 0.3) is 0 Å². The van der Waals surface area contributed by atoms with Gasteiger partial charge in [-0.05, 0) is 49.8 Å². The Bertz CT molecular complexity index is 608. The van der Waals surface area contributed by atoms with Crippen molar-refractivity contribution >= 4 is 35.1 Å². The molecular weight excluding hydrogens is 371 g/mol. The van der Waals surface area contributed by atoms with Gasteiger partial charge in [-0.25, -0.2) is 0 Å². The molecule has 2 N–H and O–H groups in total. The molecule has 0 aromatic heterocycles. The topological polar surface area (TPSA) is 56.7 Å². The van der Waals surface area contributed by atoms with Crippen molar-refractivity contribution in [1.29, 1.82) is 0 Å². The zero-order valence-corrected chi connectivity index (χ0v) is 17.0. The summed E-state index contributed by atoms with van der Waals surface area (Å²) in [4.78, 5) is 18.6. The Morgan fingerprint density at radius 2 is 1.92 bits per heavy atom. The van der Waals surface area contributed by atoms with Crippen molar-refractivity contribution < 1.29 is 4.79 Å². The zero-order valence-electron chi connectivity index (χ0n) is 15.5. The van der Waals surface area contributed by atoms with Gasteiger partial charge in [0, 0.05) is 49.7 Å². The molecule has 2 rings (SSSR count). The van der Waals surface area contributed by atoms with Crippen LogP contribution in [0, 0.1) is 5.92 Å². The molecule has 1 fully saturated rings. The minimum Gasteiger partial charge on any atom is -0.359 e. The maximum absolute atomic E-state index is 11.5. The third-order valence-corrected chi connectivity index (χ3v) is 5.40. The van der Waals surface area contributed by atoms with Gasteiger partial charge in [0.1, 0.15) is 0 Å². The lowest BCUT2D eigenvalue weighted by Gasteiger charge is -2.34. The molecule has 0 radical (unpaired) electrons. The molecule has 0 aliphatic carbocycles. The van der Waals surface area contributed by atoms with Crippen LogP contribution in [0.25, 0.3) is 0 Å². The third-order valence-electron chi connectivity index (χ3n) is 4.69. The summed E-state index contributed by atoms with van der Waals surface area (Å²) in [6.07, 6.45) is 3.34. The van der Waals surface area contributed by atoms with Crippen molar-refractivity contribution in [3.05, 3.63) is 33.8 Å². The number of aliphatic imine (C=N–C) groups is 1. The van der Waals surface area contributed by atoms with Gasteiger partial charge >= 0.3 is 0 Å². The van der Waals surface area contributed by atoms with Gasteiger partial charge in [-0.15, -0.1) is 0 Å². The molecule has 1 aromatic carbocycles. The van der Waals surface area contributed by atoms with E-state index >= 15 is 0 Å². The summed E-state index contributed by atoms with van der Waals surface area (Å²) in [5, 5.41) is 7.45. The van der Waals surface area contributed by atoms with Crippen molar-refractivity contribution in [3.8, 4) is 0 Å². The highest BCUT2D eigenvalue weighted by molar-refractivity contribution is 6.35. The normalized spacial score (nSPS) is 15.8. The highest BCUT2D eigenvalue weighted by atomic mass is 35.5. The average Bonchev–Trinajstić information content (AvgIpc) is 2.64. The Balaban J connectivity index is 1.92. The smallest absolute Gasteiger partial charge is 0.220 e. The predicted octanol–water partition coefficient (Wildman–Crippen LogP) is 3.35. The maximum Gasteiger partial charge on any atom is 0.220 e. The number of nitrogens with zero attached hydrogens (tertiary/aromatic N) is 2. The highest BCUT2D eigenvalue weighted by Gasteiger charge is 2.23. The molecule has 0 atom stereocenters. The first-order valence-electron chi connectivity index (χ1n) is 9.21. The zero-order chi connectivity index (χ0) is 18.9. The summed E-state index contributed by atoms with van der Waals surface area (Å²) in [5.74, 6) is 1.51. The molecule has 1 aliphatic heterocycles. The number of amides is 1. The van der Waals surface area contributed by atoms with Crippen LogP contribution in [0.5, 0.6) is 0 Å². The van der Waals surface area contributed by atoms with Crippen LogP contribution < -0.4 is 10.6 Å². The van der Waals surface area contributed by atoms with E-state index in [-0.39, 0.29) is 5.91 Å². The van der Waals surface area contributed by atoms with Crippen LogP contribution in [0.4, 0.5) is 0 Å². The standard InChI is InChI=1S/C19H28Cl2N4O/c1-3-23-19(24-10-7-15-16(20)5-4-6-17(15)21)25-11-8-14(9-12-25)13-18(26)22-2/h4-6,14H,3,7-13H2,1-2H3,(H,22,26)(H,23,24). The largest absolute Gasteiger partial charge is 0.359 e. The van der Waals surface area contributed by atoms with Crippen LogP contribution in [0.15, 0.2) is 23.2 Å². The van der Waals surface area contributed by atoms with E-state index in [1.54, 1.807) is 7.05 Å². The second-order valence-electron chi connectivity index (χ2n) is 6.49. The average molecular weight is 399 g/mol. The predicted molar refractivity (Wildman–Crippen MR) is 109 cm³/mol. The van der Waals surface area contributed by atoms with Crippen LogP contribution in [0.1, 0.15) is 31.7 Å². The Kier molecular flexibility index (Phi) is 8.52. The van der Waals surface area contributed by atoms with E-state index in [2.05, 4.69) is 22.5 Å². The highest BCUT2D eigenvalue weighted by Crippen LogP contribution is 2.25. The number of halogens is 2. The Morgan fingerprint density at radius 3 is 2.50 bits per heavy atom. The summed E-state index contributed by atoms with van der Waals surface area (Å²) < 4.78 is 0. The van der Waals surface area contributed by atoms with Gasteiger partial charge in [0.15, 0.2) is 5.96 Å². The molecule has 0 spiro atoms. The minimum atomic E-state index is 0.126. The van der Waals surface area contributed by atoms with Gasteiger partial charge in [-0.2, -0.15) is 0 Å². The fourth-order valence-electron chi connectivity index (χ4n) is 3.18. The van der Waals surface area contributed by atoms with Crippen LogP contribution in [-0.4, -0.2) is 50.0 Å². The molecule has 0 saturated carbocycles. The number of benzene rings is 1. The van der Waals surface area contributed by atoms with Gasteiger partial charge in [-0.1, -0.05) is 29.3 Å². The van der Waals surface area contributed by atoms with E-state index in [9.17, 15) is 4.79 Å². The van der Waals surface area contributed by atoms with E-state index in [4.69, 9.17) is 28.2 Å². The van der Waals surface area contributed by atoms with Crippen molar-refractivity contribution in [1.82, 2.24) is 15.5 Å². The van der Waals surface area contributed by atoms with Crippen LogP contribution >= 0.6 is 23.2 Å². The molecule has 1 amide bonds. The van der Waals surface area contributed by atoms with Crippen molar-refractivity contribution in [2.45, 2.75) is 32.6 Å². The monoisotopic (exact) mass is 398 g/mol. The Hall–Kier alpha value is -1.46. The first-order valence-corrected chi connectivity index (χ1v) is 9.97. The van der Waals surface area contributed by atoms with Gasteiger partial charge < -0.3 is 15.5 Å². The van der Waals surface area contributed by atoms with E-state index in [0.717, 1.165) is 44.0 Å². The van der Waals surface area contributed by atoms with Crippen molar-refractivity contribution in [2.75, 3.05) is 33.2 Å². The first-order chi connectivity index (χ1) is 12.5. The molecule has 0 unspecified atom stereocenters. The molecule has 7 heteroatoms. The summed E-state index contributed by atoms with van der Waals surface area (Å²) in [5.41, 5.74) is 0.944. The van der Waals surface area contributed by atoms with E-state index in [1.807, 2.05) is 18.2 Å². The second-order valence-corrected chi connectivity index (χ2v) is 7.31. The summed E-state index contributed by atoms with van der Waals surface area (Å²) in [7, 11) is 1.69. The SMILES string of the molecule is CCNC(=NCCc1c(Cl)cccc1Cl)N1CCC(CC(=O)NC)CC1. The third kappa shape index (κ3) is 6.06. The van der Waals surface area contributed by atoms with Crippen molar-refractivity contribution in [2.24, 2.45) is 10.9 Å². The number of piperidine rings is 1. The lowest BCUT2D eigenvalue weighted by molar-refractivity contribution is -0.121. The molecule has 144 valence electrons. The van der Waals surface area contributed by atoms with E-state index in [0.29, 0.717) is 35.3 Å². The molecule has 1 aromatic rings.